The van der Waals surface area contributed by atoms with Gasteiger partial charge in [-0.3, -0.25) is 0 Å². The van der Waals surface area contributed by atoms with Crippen LogP contribution in [0.5, 0.6) is 11.5 Å². The molecule has 2 N–H and O–H groups in total. The predicted octanol–water partition coefficient (Wildman–Crippen LogP) is 3.48. The average Bonchev–Trinajstić information content (AvgIpc) is 2.56. The van der Waals surface area contributed by atoms with Crippen molar-refractivity contribution < 1.29 is 9.47 Å². The molecule has 5 heteroatoms. The van der Waals surface area contributed by atoms with Crippen molar-refractivity contribution in [3.05, 3.63) is 35.0 Å². The van der Waals surface area contributed by atoms with Gasteiger partial charge in [-0.2, -0.15) is 5.26 Å². The molecule has 0 fully saturated rings. The van der Waals surface area contributed by atoms with Gasteiger partial charge in [0.05, 0.1) is 14.2 Å². The van der Waals surface area contributed by atoms with Crippen LogP contribution < -0.4 is 15.2 Å². The molecule has 0 aliphatic carbocycles. The maximum absolute atomic E-state index is 9.59. The first-order chi connectivity index (χ1) is 11.1. The second-order valence-electron chi connectivity index (χ2n) is 5.24. The van der Waals surface area contributed by atoms with Gasteiger partial charge in [0.2, 0.25) is 0 Å². The predicted molar refractivity (Wildman–Crippen MR) is 90.6 cm³/mol. The molecule has 0 saturated carbocycles. The lowest BCUT2D eigenvalue weighted by Gasteiger charge is -2.18. The summed E-state index contributed by atoms with van der Waals surface area (Å²) >= 11 is 0. The van der Waals surface area contributed by atoms with Crippen molar-refractivity contribution in [1.29, 1.82) is 5.26 Å². The highest BCUT2D eigenvalue weighted by atomic mass is 16.5. The van der Waals surface area contributed by atoms with E-state index in [2.05, 4.69) is 18.0 Å². The zero-order valence-electron chi connectivity index (χ0n) is 13.9. The first-order valence-corrected chi connectivity index (χ1v) is 7.48. The van der Waals surface area contributed by atoms with Gasteiger partial charge < -0.3 is 15.2 Å². The van der Waals surface area contributed by atoms with E-state index in [1.54, 1.807) is 14.2 Å². The molecule has 5 nitrogen and oxygen atoms in total. The molecule has 0 bridgehead atoms. The molecular weight excluding hydrogens is 290 g/mol. The third-order valence-electron chi connectivity index (χ3n) is 3.82. The second kappa shape index (κ2) is 7.01. The van der Waals surface area contributed by atoms with Gasteiger partial charge in [0, 0.05) is 16.8 Å². The monoisotopic (exact) mass is 311 g/mol. The molecule has 0 radical (unpaired) electrons. The number of anilines is 1. The zero-order chi connectivity index (χ0) is 17.0. The molecule has 0 aliphatic heterocycles. The van der Waals surface area contributed by atoms with Crippen LogP contribution in [-0.2, 0) is 6.42 Å². The number of aromatic nitrogens is 1. The van der Waals surface area contributed by atoms with E-state index < -0.39 is 0 Å². The molecule has 2 rings (SSSR count). The van der Waals surface area contributed by atoms with Gasteiger partial charge in [-0.05, 0) is 37.1 Å². The summed E-state index contributed by atoms with van der Waals surface area (Å²) in [6.45, 7) is 4.01. The SMILES string of the molecule is CCCc1c(C)nc(N)c(C#N)c1-c1cc(OC)ccc1OC. The summed E-state index contributed by atoms with van der Waals surface area (Å²) in [4.78, 5) is 4.33. The Morgan fingerprint density at radius 1 is 1.26 bits per heavy atom. The highest BCUT2D eigenvalue weighted by molar-refractivity contribution is 5.83. The van der Waals surface area contributed by atoms with Gasteiger partial charge in [0.25, 0.3) is 0 Å². The topological polar surface area (TPSA) is 81.2 Å². The number of nitrogen functional groups attached to an aromatic ring is 1. The fourth-order valence-electron chi connectivity index (χ4n) is 2.74. The van der Waals surface area contributed by atoms with Crippen LogP contribution in [0.2, 0.25) is 0 Å². The molecule has 0 spiro atoms. The van der Waals surface area contributed by atoms with Crippen molar-refractivity contribution >= 4 is 5.82 Å². The van der Waals surface area contributed by atoms with Crippen LogP contribution in [0.3, 0.4) is 0 Å². The van der Waals surface area contributed by atoms with Gasteiger partial charge in [0.1, 0.15) is 28.9 Å². The zero-order valence-corrected chi connectivity index (χ0v) is 13.9. The Morgan fingerprint density at radius 2 is 2.00 bits per heavy atom. The maximum atomic E-state index is 9.59. The minimum atomic E-state index is 0.240. The molecule has 0 unspecified atom stereocenters. The summed E-state index contributed by atoms with van der Waals surface area (Å²) in [6.07, 6.45) is 1.75. The molecule has 2 aromatic rings. The molecule has 1 heterocycles. The lowest BCUT2D eigenvalue weighted by molar-refractivity contribution is 0.404. The van der Waals surface area contributed by atoms with E-state index in [0.29, 0.717) is 17.1 Å². The van der Waals surface area contributed by atoms with Gasteiger partial charge >= 0.3 is 0 Å². The largest absolute Gasteiger partial charge is 0.497 e. The van der Waals surface area contributed by atoms with E-state index in [0.717, 1.165) is 35.2 Å². The van der Waals surface area contributed by atoms with Crippen molar-refractivity contribution in [3.8, 4) is 28.7 Å². The highest BCUT2D eigenvalue weighted by Crippen LogP contribution is 2.40. The molecule has 0 amide bonds. The summed E-state index contributed by atoms with van der Waals surface area (Å²) in [5, 5.41) is 9.59. The summed E-state index contributed by atoms with van der Waals surface area (Å²) in [5.41, 5.74) is 9.81. The van der Waals surface area contributed by atoms with E-state index in [4.69, 9.17) is 15.2 Å². The van der Waals surface area contributed by atoms with Crippen LogP contribution in [0.1, 0.15) is 30.2 Å². The smallest absolute Gasteiger partial charge is 0.142 e. The minimum absolute atomic E-state index is 0.240. The van der Waals surface area contributed by atoms with Crippen molar-refractivity contribution in [2.24, 2.45) is 0 Å². The Bertz CT molecular complexity index is 764. The number of pyridine rings is 1. The van der Waals surface area contributed by atoms with Gasteiger partial charge in [-0.1, -0.05) is 13.3 Å². The second-order valence-corrected chi connectivity index (χ2v) is 5.24. The molecule has 0 atom stereocenters. The molecule has 1 aromatic heterocycles. The van der Waals surface area contributed by atoms with Crippen LogP contribution in [0.4, 0.5) is 5.82 Å². The number of ether oxygens (including phenoxy) is 2. The fourth-order valence-corrected chi connectivity index (χ4v) is 2.74. The summed E-state index contributed by atoms with van der Waals surface area (Å²) in [5.74, 6) is 1.61. The number of methoxy groups -OCH3 is 2. The molecule has 120 valence electrons. The maximum Gasteiger partial charge on any atom is 0.142 e. The number of benzene rings is 1. The van der Waals surface area contributed by atoms with E-state index in [9.17, 15) is 5.26 Å². The Morgan fingerprint density at radius 3 is 2.57 bits per heavy atom. The standard InChI is InChI=1S/C18H21N3O2/c1-5-6-13-11(2)21-18(20)15(10-19)17(13)14-9-12(22-3)7-8-16(14)23-4/h7-9H,5-6H2,1-4H3,(H2,20,21). The lowest BCUT2D eigenvalue weighted by atomic mass is 9.91. The molecule has 1 aromatic carbocycles. The molecule has 23 heavy (non-hydrogen) atoms. The number of nitrogens with zero attached hydrogens (tertiary/aromatic N) is 2. The van der Waals surface area contributed by atoms with Crippen LogP contribution >= 0.6 is 0 Å². The highest BCUT2D eigenvalue weighted by Gasteiger charge is 2.21. The van der Waals surface area contributed by atoms with E-state index >= 15 is 0 Å². The Kier molecular flexibility index (Phi) is 5.07. The number of rotatable bonds is 5. The number of nitrogens with two attached hydrogens (primary N) is 1. The molecule has 0 saturated heterocycles. The first-order valence-electron chi connectivity index (χ1n) is 7.48. The normalized spacial score (nSPS) is 10.2. The van der Waals surface area contributed by atoms with Gasteiger partial charge in [-0.25, -0.2) is 4.98 Å². The number of nitriles is 1. The van der Waals surface area contributed by atoms with Crippen LogP contribution in [0, 0.1) is 18.3 Å². The van der Waals surface area contributed by atoms with Gasteiger partial charge in [-0.15, -0.1) is 0 Å². The fraction of sp³-hybridized carbons (Fsp3) is 0.333. The minimum Gasteiger partial charge on any atom is -0.497 e. The van der Waals surface area contributed by atoms with Crippen molar-refractivity contribution in [2.75, 3.05) is 20.0 Å². The number of hydrogen-bond donors (Lipinski definition) is 1. The average molecular weight is 311 g/mol. The third-order valence-corrected chi connectivity index (χ3v) is 3.82. The molecule has 0 aliphatic rings. The van der Waals surface area contributed by atoms with E-state index in [-0.39, 0.29) is 5.82 Å². The van der Waals surface area contributed by atoms with Crippen LogP contribution in [-0.4, -0.2) is 19.2 Å². The summed E-state index contributed by atoms with van der Waals surface area (Å²) < 4.78 is 10.8. The summed E-state index contributed by atoms with van der Waals surface area (Å²) in [6, 6.07) is 7.72. The van der Waals surface area contributed by atoms with E-state index in [1.165, 1.54) is 0 Å². The van der Waals surface area contributed by atoms with Crippen LogP contribution in [0.15, 0.2) is 18.2 Å². The van der Waals surface area contributed by atoms with Crippen molar-refractivity contribution in [1.82, 2.24) is 4.98 Å². The van der Waals surface area contributed by atoms with Gasteiger partial charge in [0.15, 0.2) is 0 Å². The Labute approximate surface area is 136 Å². The number of aryl methyl sites for hydroxylation is 1. The number of hydrogen-bond acceptors (Lipinski definition) is 5. The quantitative estimate of drug-likeness (QED) is 0.914. The Hall–Kier alpha value is -2.74. The Balaban J connectivity index is 2.88. The van der Waals surface area contributed by atoms with Crippen molar-refractivity contribution in [3.63, 3.8) is 0 Å². The molecular formula is C18H21N3O2. The van der Waals surface area contributed by atoms with Crippen molar-refractivity contribution in [2.45, 2.75) is 26.7 Å². The third kappa shape index (κ3) is 3.07. The van der Waals surface area contributed by atoms with E-state index in [1.807, 2.05) is 25.1 Å². The van der Waals surface area contributed by atoms with Crippen LogP contribution in [0.25, 0.3) is 11.1 Å². The lowest BCUT2D eigenvalue weighted by Crippen LogP contribution is -2.06. The summed E-state index contributed by atoms with van der Waals surface area (Å²) in [7, 11) is 3.21. The first kappa shape index (κ1) is 16.6.